The molecular weight excluding hydrogens is 233 g/mol. The molecule has 0 unspecified atom stereocenters. The third-order valence-electron chi connectivity index (χ3n) is 2.57. The van der Waals surface area contributed by atoms with Crippen molar-refractivity contribution in [2.45, 2.75) is 39.3 Å². The predicted octanol–water partition coefficient (Wildman–Crippen LogP) is 2.65. The molecular formula is C14H20FNO2. The highest BCUT2D eigenvalue weighted by Gasteiger charge is 2.18. The molecule has 0 aliphatic rings. The van der Waals surface area contributed by atoms with Crippen molar-refractivity contribution in [1.82, 2.24) is 5.32 Å². The molecule has 1 aromatic carbocycles. The molecule has 0 aliphatic carbocycles. The number of esters is 1. The van der Waals surface area contributed by atoms with E-state index in [1.807, 2.05) is 13.8 Å². The standard InChI is InChI=1S/C14H20FNO2/c1-4-13(17)18-10-14(2,3)16-9-11-5-7-12(15)8-6-11/h5-8,16H,4,9-10H2,1-3H3. The Morgan fingerprint density at radius 3 is 2.50 bits per heavy atom. The number of nitrogens with one attached hydrogen (secondary N) is 1. The Balaban J connectivity index is 2.41. The average Bonchev–Trinajstić information content (AvgIpc) is 2.35. The van der Waals surface area contributed by atoms with Gasteiger partial charge in [-0.3, -0.25) is 4.79 Å². The van der Waals surface area contributed by atoms with E-state index in [2.05, 4.69) is 5.32 Å². The molecule has 0 atom stereocenters. The van der Waals surface area contributed by atoms with Crippen molar-refractivity contribution in [2.24, 2.45) is 0 Å². The average molecular weight is 253 g/mol. The fourth-order valence-electron chi connectivity index (χ4n) is 1.36. The maximum atomic E-state index is 12.7. The van der Waals surface area contributed by atoms with E-state index in [0.29, 0.717) is 19.6 Å². The number of hydrogen-bond acceptors (Lipinski definition) is 3. The van der Waals surface area contributed by atoms with Gasteiger partial charge in [-0.05, 0) is 31.5 Å². The number of halogens is 1. The van der Waals surface area contributed by atoms with Crippen molar-refractivity contribution in [3.8, 4) is 0 Å². The minimum absolute atomic E-state index is 0.202. The second-order valence-corrected chi connectivity index (χ2v) is 4.88. The van der Waals surface area contributed by atoms with Gasteiger partial charge in [-0.15, -0.1) is 0 Å². The molecule has 0 radical (unpaired) electrons. The molecule has 0 amide bonds. The van der Waals surface area contributed by atoms with Gasteiger partial charge < -0.3 is 10.1 Å². The number of carbonyl (C=O) groups is 1. The third kappa shape index (κ3) is 5.27. The first-order valence-corrected chi connectivity index (χ1v) is 6.08. The summed E-state index contributed by atoms with van der Waals surface area (Å²) < 4.78 is 17.8. The van der Waals surface area contributed by atoms with E-state index in [4.69, 9.17) is 4.74 Å². The number of ether oxygens (including phenoxy) is 1. The molecule has 0 aliphatic heterocycles. The molecule has 3 nitrogen and oxygen atoms in total. The van der Waals surface area contributed by atoms with Crippen LogP contribution in [-0.2, 0) is 16.1 Å². The van der Waals surface area contributed by atoms with Crippen LogP contribution in [-0.4, -0.2) is 18.1 Å². The molecule has 1 rings (SSSR count). The summed E-state index contributed by atoms with van der Waals surface area (Å²) in [4.78, 5) is 11.1. The van der Waals surface area contributed by atoms with Crippen LogP contribution in [0.15, 0.2) is 24.3 Å². The van der Waals surface area contributed by atoms with Crippen LogP contribution in [0.3, 0.4) is 0 Å². The predicted molar refractivity (Wildman–Crippen MR) is 68.6 cm³/mol. The van der Waals surface area contributed by atoms with E-state index in [-0.39, 0.29) is 17.3 Å². The lowest BCUT2D eigenvalue weighted by Crippen LogP contribution is -2.43. The Morgan fingerprint density at radius 2 is 1.94 bits per heavy atom. The summed E-state index contributed by atoms with van der Waals surface area (Å²) in [6, 6.07) is 6.33. The summed E-state index contributed by atoms with van der Waals surface area (Å²) in [5, 5.41) is 3.27. The first-order chi connectivity index (χ1) is 8.43. The fourth-order valence-corrected chi connectivity index (χ4v) is 1.36. The highest BCUT2D eigenvalue weighted by atomic mass is 19.1. The van der Waals surface area contributed by atoms with Crippen LogP contribution < -0.4 is 5.32 Å². The van der Waals surface area contributed by atoms with Crippen LogP contribution in [0.25, 0.3) is 0 Å². The monoisotopic (exact) mass is 253 g/mol. The molecule has 0 fully saturated rings. The number of rotatable bonds is 6. The minimum Gasteiger partial charge on any atom is -0.464 e. The first kappa shape index (κ1) is 14.6. The van der Waals surface area contributed by atoms with Gasteiger partial charge in [0.1, 0.15) is 12.4 Å². The molecule has 1 aromatic rings. The third-order valence-corrected chi connectivity index (χ3v) is 2.57. The quantitative estimate of drug-likeness (QED) is 0.792. The van der Waals surface area contributed by atoms with Gasteiger partial charge in [-0.2, -0.15) is 0 Å². The van der Waals surface area contributed by atoms with Crippen LogP contribution in [0.1, 0.15) is 32.8 Å². The highest BCUT2D eigenvalue weighted by molar-refractivity contribution is 5.68. The fraction of sp³-hybridized carbons (Fsp3) is 0.500. The second kappa shape index (κ2) is 6.50. The normalized spacial score (nSPS) is 11.3. The zero-order valence-corrected chi connectivity index (χ0v) is 11.1. The highest BCUT2D eigenvalue weighted by Crippen LogP contribution is 2.08. The number of carbonyl (C=O) groups excluding carboxylic acids is 1. The first-order valence-electron chi connectivity index (χ1n) is 6.08. The van der Waals surface area contributed by atoms with Gasteiger partial charge in [0.05, 0.1) is 0 Å². The Labute approximate surface area is 107 Å². The Morgan fingerprint density at radius 1 is 1.33 bits per heavy atom. The van der Waals surface area contributed by atoms with Gasteiger partial charge in [-0.1, -0.05) is 19.1 Å². The zero-order valence-electron chi connectivity index (χ0n) is 11.1. The Hall–Kier alpha value is -1.42. The molecule has 0 bridgehead atoms. The SMILES string of the molecule is CCC(=O)OCC(C)(C)NCc1ccc(F)cc1. The van der Waals surface area contributed by atoms with Gasteiger partial charge in [0.15, 0.2) is 0 Å². The Bertz CT molecular complexity index is 387. The molecule has 0 saturated heterocycles. The topological polar surface area (TPSA) is 38.3 Å². The summed E-state index contributed by atoms with van der Waals surface area (Å²) >= 11 is 0. The van der Waals surface area contributed by atoms with Gasteiger partial charge in [-0.25, -0.2) is 4.39 Å². The number of benzene rings is 1. The zero-order chi connectivity index (χ0) is 13.6. The lowest BCUT2D eigenvalue weighted by Gasteiger charge is -2.26. The summed E-state index contributed by atoms with van der Waals surface area (Å²) in [6.07, 6.45) is 0.383. The van der Waals surface area contributed by atoms with Crippen LogP contribution in [0.5, 0.6) is 0 Å². The molecule has 0 spiro atoms. The van der Waals surface area contributed by atoms with E-state index < -0.39 is 0 Å². The van der Waals surface area contributed by atoms with Crippen molar-refractivity contribution in [3.05, 3.63) is 35.6 Å². The number of hydrogen-bond donors (Lipinski definition) is 1. The maximum Gasteiger partial charge on any atom is 0.305 e. The van der Waals surface area contributed by atoms with E-state index in [1.165, 1.54) is 12.1 Å². The van der Waals surface area contributed by atoms with E-state index in [1.54, 1.807) is 19.1 Å². The smallest absolute Gasteiger partial charge is 0.305 e. The summed E-state index contributed by atoms with van der Waals surface area (Å²) in [5.41, 5.74) is 0.686. The summed E-state index contributed by atoms with van der Waals surface area (Å²) in [7, 11) is 0. The largest absolute Gasteiger partial charge is 0.464 e. The van der Waals surface area contributed by atoms with E-state index >= 15 is 0 Å². The second-order valence-electron chi connectivity index (χ2n) is 4.88. The van der Waals surface area contributed by atoms with E-state index in [9.17, 15) is 9.18 Å². The van der Waals surface area contributed by atoms with E-state index in [0.717, 1.165) is 5.56 Å². The lowest BCUT2D eigenvalue weighted by atomic mass is 10.1. The molecule has 4 heteroatoms. The van der Waals surface area contributed by atoms with Gasteiger partial charge in [0, 0.05) is 18.5 Å². The van der Waals surface area contributed by atoms with Crippen molar-refractivity contribution >= 4 is 5.97 Å². The van der Waals surface area contributed by atoms with Crippen molar-refractivity contribution in [2.75, 3.05) is 6.61 Å². The molecule has 0 heterocycles. The maximum absolute atomic E-state index is 12.7. The van der Waals surface area contributed by atoms with Crippen molar-refractivity contribution in [3.63, 3.8) is 0 Å². The van der Waals surface area contributed by atoms with Gasteiger partial charge in [0.25, 0.3) is 0 Å². The van der Waals surface area contributed by atoms with Crippen LogP contribution in [0.4, 0.5) is 4.39 Å². The molecule has 100 valence electrons. The summed E-state index contributed by atoms with van der Waals surface area (Å²) in [5.74, 6) is -0.443. The Kier molecular flexibility index (Phi) is 5.28. The molecule has 0 saturated carbocycles. The summed E-state index contributed by atoms with van der Waals surface area (Å²) in [6.45, 7) is 6.61. The van der Waals surface area contributed by atoms with Crippen LogP contribution >= 0.6 is 0 Å². The van der Waals surface area contributed by atoms with Crippen molar-refractivity contribution < 1.29 is 13.9 Å². The molecule has 0 aromatic heterocycles. The van der Waals surface area contributed by atoms with Crippen LogP contribution in [0.2, 0.25) is 0 Å². The lowest BCUT2D eigenvalue weighted by molar-refractivity contribution is -0.145. The minimum atomic E-state index is -0.306. The van der Waals surface area contributed by atoms with Gasteiger partial charge in [0.2, 0.25) is 0 Å². The molecule has 18 heavy (non-hydrogen) atoms. The van der Waals surface area contributed by atoms with Crippen LogP contribution in [0, 0.1) is 5.82 Å². The molecule has 1 N–H and O–H groups in total. The van der Waals surface area contributed by atoms with Gasteiger partial charge >= 0.3 is 5.97 Å². The van der Waals surface area contributed by atoms with Crippen molar-refractivity contribution in [1.29, 1.82) is 0 Å².